The van der Waals surface area contributed by atoms with Crippen LogP contribution in [-0.2, 0) is 13.0 Å². The summed E-state index contributed by atoms with van der Waals surface area (Å²) in [6.07, 6.45) is 2.86. The van der Waals surface area contributed by atoms with Gasteiger partial charge in [-0.1, -0.05) is 36.3 Å². The summed E-state index contributed by atoms with van der Waals surface area (Å²) in [7, 11) is 0. The Labute approximate surface area is 149 Å². The van der Waals surface area contributed by atoms with Crippen LogP contribution in [0.4, 0.5) is 0 Å². The molecule has 7 heteroatoms. The van der Waals surface area contributed by atoms with Crippen LogP contribution in [-0.4, -0.2) is 24.9 Å². The van der Waals surface area contributed by atoms with Gasteiger partial charge < -0.3 is 4.52 Å². The molecule has 0 aliphatic rings. The fraction of sp³-hybridized carbons (Fsp3) is 0.222. The highest BCUT2D eigenvalue weighted by atomic mass is 32.1. The summed E-state index contributed by atoms with van der Waals surface area (Å²) < 4.78 is 7.17. The third-order valence-corrected chi connectivity index (χ3v) is 4.90. The highest BCUT2D eigenvalue weighted by Crippen LogP contribution is 2.26. The topological polar surface area (TPSA) is 69.6 Å². The average Bonchev–Trinajstić information content (AvgIpc) is 3.41. The van der Waals surface area contributed by atoms with E-state index in [0.717, 1.165) is 34.8 Å². The van der Waals surface area contributed by atoms with Crippen LogP contribution in [0, 0.1) is 0 Å². The number of hydrogen-bond acceptors (Lipinski definition) is 6. The van der Waals surface area contributed by atoms with E-state index in [2.05, 4.69) is 32.5 Å². The molecule has 3 aromatic heterocycles. The first kappa shape index (κ1) is 15.7. The molecule has 3 heterocycles. The standard InChI is InChI=1S/C18H17N5OS/c1-3-16-19-15(11-25-16)12-5-7-13(8-6-12)17-20-18(24-22-17)14-9-10-23(4-2)21-14/h5-11H,3-4H2,1-2H3. The summed E-state index contributed by atoms with van der Waals surface area (Å²) in [6.45, 7) is 4.95. The zero-order valence-corrected chi connectivity index (χ0v) is 14.8. The fourth-order valence-corrected chi connectivity index (χ4v) is 3.25. The number of hydrogen-bond donors (Lipinski definition) is 0. The van der Waals surface area contributed by atoms with Crippen molar-refractivity contribution in [3.63, 3.8) is 0 Å². The summed E-state index contributed by atoms with van der Waals surface area (Å²) in [5.74, 6) is 0.985. The molecule has 25 heavy (non-hydrogen) atoms. The molecular formula is C18H17N5OS. The molecule has 0 fully saturated rings. The van der Waals surface area contributed by atoms with E-state index >= 15 is 0 Å². The Morgan fingerprint density at radius 2 is 1.80 bits per heavy atom. The Kier molecular flexibility index (Phi) is 4.15. The van der Waals surface area contributed by atoms with E-state index in [4.69, 9.17) is 4.52 Å². The predicted octanol–water partition coefficient (Wildman–Crippen LogP) is 4.31. The zero-order valence-electron chi connectivity index (χ0n) is 14.0. The molecule has 6 nitrogen and oxygen atoms in total. The van der Waals surface area contributed by atoms with Crippen LogP contribution in [0.1, 0.15) is 18.9 Å². The van der Waals surface area contributed by atoms with Gasteiger partial charge in [-0.3, -0.25) is 4.68 Å². The SMILES string of the molecule is CCc1nc(-c2ccc(-c3noc(-c4ccn(CC)n4)n3)cc2)cs1. The third kappa shape index (κ3) is 3.10. The lowest BCUT2D eigenvalue weighted by Crippen LogP contribution is -1.93. The van der Waals surface area contributed by atoms with E-state index < -0.39 is 0 Å². The molecule has 0 radical (unpaired) electrons. The minimum Gasteiger partial charge on any atom is -0.332 e. The molecule has 126 valence electrons. The van der Waals surface area contributed by atoms with Crippen molar-refractivity contribution in [2.75, 3.05) is 0 Å². The van der Waals surface area contributed by atoms with Gasteiger partial charge in [0.25, 0.3) is 5.89 Å². The number of aryl methyl sites for hydroxylation is 2. The van der Waals surface area contributed by atoms with Crippen LogP contribution in [0.3, 0.4) is 0 Å². The number of benzene rings is 1. The molecule has 0 saturated carbocycles. The molecule has 0 saturated heterocycles. The van der Waals surface area contributed by atoms with E-state index in [-0.39, 0.29) is 0 Å². The van der Waals surface area contributed by atoms with E-state index in [0.29, 0.717) is 17.4 Å². The van der Waals surface area contributed by atoms with Gasteiger partial charge in [-0.25, -0.2) is 4.98 Å². The van der Waals surface area contributed by atoms with E-state index in [1.807, 2.05) is 48.1 Å². The second-order valence-corrected chi connectivity index (χ2v) is 6.48. The Balaban J connectivity index is 1.58. The number of aromatic nitrogens is 5. The summed E-state index contributed by atoms with van der Waals surface area (Å²) in [4.78, 5) is 9.06. The lowest BCUT2D eigenvalue weighted by molar-refractivity contribution is 0.430. The van der Waals surface area contributed by atoms with Gasteiger partial charge in [0.05, 0.1) is 10.7 Å². The van der Waals surface area contributed by atoms with Gasteiger partial charge in [-0.05, 0) is 19.4 Å². The summed E-state index contributed by atoms with van der Waals surface area (Å²) in [6, 6.07) is 9.91. The van der Waals surface area contributed by atoms with Gasteiger partial charge in [0.1, 0.15) is 0 Å². The van der Waals surface area contributed by atoms with Crippen molar-refractivity contribution < 1.29 is 4.52 Å². The van der Waals surface area contributed by atoms with Gasteiger partial charge in [-0.15, -0.1) is 11.3 Å². The average molecular weight is 351 g/mol. The van der Waals surface area contributed by atoms with Crippen LogP contribution in [0.15, 0.2) is 46.4 Å². The molecule has 4 rings (SSSR count). The van der Waals surface area contributed by atoms with E-state index in [1.54, 1.807) is 11.3 Å². The molecule has 0 atom stereocenters. The Morgan fingerprint density at radius 3 is 2.48 bits per heavy atom. The first-order valence-electron chi connectivity index (χ1n) is 8.19. The molecule has 1 aromatic carbocycles. The minimum atomic E-state index is 0.429. The smallest absolute Gasteiger partial charge is 0.278 e. The minimum absolute atomic E-state index is 0.429. The molecular weight excluding hydrogens is 334 g/mol. The Bertz CT molecular complexity index is 983. The maximum atomic E-state index is 5.35. The van der Waals surface area contributed by atoms with Gasteiger partial charge in [0.15, 0.2) is 5.69 Å². The van der Waals surface area contributed by atoms with Crippen LogP contribution in [0.25, 0.3) is 34.2 Å². The fourth-order valence-electron chi connectivity index (χ4n) is 2.49. The number of rotatable bonds is 5. The van der Waals surface area contributed by atoms with Crippen molar-refractivity contribution in [1.29, 1.82) is 0 Å². The van der Waals surface area contributed by atoms with Crippen LogP contribution in [0.2, 0.25) is 0 Å². The van der Waals surface area contributed by atoms with Gasteiger partial charge in [-0.2, -0.15) is 10.1 Å². The molecule has 0 aliphatic heterocycles. The van der Waals surface area contributed by atoms with Crippen molar-refractivity contribution in [2.45, 2.75) is 26.8 Å². The first-order chi connectivity index (χ1) is 12.3. The molecule has 0 N–H and O–H groups in total. The second kappa shape index (κ2) is 6.60. The largest absolute Gasteiger partial charge is 0.332 e. The number of thiazole rings is 1. The van der Waals surface area contributed by atoms with Crippen molar-refractivity contribution in [3.8, 4) is 34.2 Å². The molecule has 0 amide bonds. The highest BCUT2D eigenvalue weighted by molar-refractivity contribution is 7.09. The van der Waals surface area contributed by atoms with Crippen LogP contribution < -0.4 is 0 Å². The molecule has 0 aliphatic carbocycles. The maximum Gasteiger partial charge on any atom is 0.278 e. The summed E-state index contributed by atoms with van der Waals surface area (Å²) >= 11 is 1.69. The normalized spacial score (nSPS) is 11.1. The lowest BCUT2D eigenvalue weighted by atomic mass is 10.1. The van der Waals surface area contributed by atoms with E-state index in [9.17, 15) is 0 Å². The van der Waals surface area contributed by atoms with Gasteiger partial charge in [0, 0.05) is 29.2 Å². The molecule has 0 unspecified atom stereocenters. The van der Waals surface area contributed by atoms with Gasteiger partial charge >= 0.3 is 0 Å². The monoisotopic (exact) mass is 351 g/mol. The number of nitrogens with zero attached hydrogens (tertiary/aromatic N) is 5. The van der Waals surface area contributed by atoms with Crippen molar-refractivity contribution >= 4 is 11.3 Å². The summed E-state index contributed by atoms with van der Waals surface area (Å²) in [5.41, 5.74) is 3.68. The maximum absolute atomic E-state index is 5.35. The molecule has 0 spiro atoms. The third-order valence-electron chi connectivity index (χ3n) is 3.90. The predicted molar refractivity (Wildman–Crippen MR) is 97.1 cm³/mol. The molecule has 0 bridgehead atoms. The second-order valence-electron chi connectivity index (χ2n) is 5.54. The zero-order chi connectivity index (χ0) is 17.2. The van der Waals surface area contributed by atoms with Crippen LogP contribution in [0.5, 0.6) is 0 Å². The quantitative estimate of drug-likeness (QED) is 0.536. The van der Waals surface area contributed by atoms with Crippen molar-refractivity contribution in [1.82, 2.24) is 24.9 Å². The highest BCUT2D eigenvalue weighted by Gasteiger charge is 2.13. The van der Waals surface area contributed by atoms with Crippen LogP contribution >= 0.6 is 11.3 Å². The Morgan fingerprint density at radius 1 is 1.00 bits per heavy atom. The van der Waals surface area contributed by atoms with Crippen molar-refractivity contribution in [2.24, 2.45) is 0 Å². The van der Waals surface area contributed by atoms with Gasteiger partial charge in [0.2, 0.25) is 5.82 Å². The first-order valence-corrected chi connectivity index (χ1v) is 9.07. The lowest BCUT2D eigenvalue weighted by Gasteiger charge is -1.98. The molecule has 4 aromatic rings. The Hall–Kier alpha value is -2.80. The van der Waals surface area contributed by atoms with E-state index in [1.165, 1.54) is 0 Å². The van der Waals surface area contributed by atoms with Crippen molar-refractivity contribution in [3.05, 3.63) is 46.9 Å². The summed E-state index contributed by atoms with van der Waals surface area (Å²) in [5, 5.41) is 11.7.